The van der Waals surface area contributed by atoms with Crippen LogP contribution in [0.5, 0.6) is 0 Å². The molecule has 5 heteroatoms. The zero-order chi connectivity index (χ0) is 11.5. The van der Waals surface area contributed by atoms with Gasteiger partial charge in [0.25, 0.3) is 0 Å². The zero-order valence-electron chi connectivity index (χ0n) is 9.51. The Balaban J connectivity index is 2.19. The lowest BCUT2D eigenvalue weighted by Crippen LogP contribution is -2.19. The lowest BCUT2D eigenvalue weighted by molar-refractivity contribution is 0.0691. The second-order valence-corrected chi connectivity index (χ2v) is 5.03. The minimum absolute atomic E-state index is 0.000462. The third kappa shape index (κ3) is 2.53. The van der Waals surface area contributed by atoms with E-state index in [-0.39, 0.29) is 6.10 Å². The van der Waals surface area contributed by atoms with Crippen LogP contribution in [0.4, 0.5) is 0 Å². The van der Waals surface area contributed by atoms with E-state index >= 15 is 0 Å². The first-order valence-electron chi connectivity index (χ1n) is 5.39. The molecule has 0 spiro atoms. The molecular formula is C11H16N2O2S. The molecule has 0 bridgehead atoms. The molecule has 0 radical (unpaired) electrons. The zero-order valence-corrected chi connectivity index (χ0v) is 10.3. The Bertz CT molecular complexity index is 365. The van der Waals surface area contributed by atoms with Crippen molar-refractivity contribution < 1.29 is 9.84 Å². The molecule has 1 unspecified atom stereocenters. The summed E-state index contributed by atoms with van der Waals surface area (Å²) in [6.07, 6.45) is 1.18. The van der Waals surface area contributed by atoms with Gasteiger partial charge in [-0.3, -0.25) is 0 Å². The summed E-state index contributed by atoms with van der Waals surface area (Å²) in [5, 5.41) is 9.49. The molecule has 2 rings (SSSR count). The van der Waals surface area contributed by atoms with Crippen molar-refractivity contribution in [1.82, 2.24) is 9.97 Å². The van der Waals surface area contributed by atoms with Crippen LogP contribution in [0.2, 0.25) is 0 Å². The fraction of sp³-hybridized carbons (Fsp3) is 0.636. The highest BCUT2D eigenvalue weighted by molar-refractivity contribution is 7.99. The number of nitrogens with zero attached hydrogens (tertiary/aromatic N) is 2. The maximum absolute atomic E-state index is 9.49. The van der Waals surface area contributed by atoms with Crippen LogP contribution in [0.25, 0.3) is 0 Å². The van der Waals surface area contributed by atoms with Crippen molar-refractivity contribution in [3.63, 3.8) is 0 Å². The molecule has 2 atom stereocenters. The van der Waals surface area contributed by atoms with Crippen molar-refractivity contribution in [1.29, 1.82) is 0 Å². The average Bonchev–Trinajstić information content (AvgIpc) is 2.29. The van der Waals surface area contributed by atoms with Gasteiger partial charge >= 0.3 is 0 Å². The number of thioether (sulfide) groups is 1. The topological polar surface area (TPSA) is 55.2 Å². The molecule has 88 valence electrons. The summed E-state index contributed by atoms with van der Waals surface area (Å²) < 4.78 is 5.61. The Morgan fingerprint density at radius 3 is 3.00 bits per heavy atom. The second kappa shape index (κ2) is 5.12. The first-order chi connectivity index (χ1) is 7.68. The van der Waals surface area contributed by atoms with E-state index in [0.29, 0.717) is 0 Å². The normalized spacial score (nSPS) is 23.1. The molecule has 1 aromatic rings. The van der Waals surface area contributed by atoms with Gasteiger partial charge < -0.3 is 9.84 Å². The molecule has 1 aliphatic heterocycles. The molecule has 1 N–H and O–H groups in total. The van der Waals surface area contributed by atoms with E-state index in [1.807, 2.05) is 18.7 Å². The molecule has 1 aromatic heterocycles. The summed E-state index contributed by atoms with van der Waals surface area (Å²) in [4.78, 5) is 8.68. The Hall–Kier alpha value is -0.650. The quantitative estimate of drug-likeness (QED) is 0.851. The third-order valence-electron chi connectivity index (χ3n) is 2.59. The average molecular weight is 240 g/mol. The summed E-state index contributed by atoms with van der Waals surface area (Å²) >= 11 is 1.86. The van der Waals surface area contributed by atoms with E-state index in [1.54, 1.807) is 13.1 Å². The Morgan fingerprint density at radius 1 is 1.62 bits per heavy atom. The van der Waals surface area contributed by atoms with Gasteiger partial charge in [0, 0.05) is 29.0 Å². The smallest absolute Gasteiger partial charge is 0.158 e. The summed E-state index contributed by atoms with van der Waals surface area (Å²) in [6.45, 7) is 4.37. The molecule has 2 heterocycles. The van der Waals surface area contributed by atoms with Crippen molar-refractivity contribution in [2.24, 2.45) is 0 Å². The number of aliphatic hydroxyl groups is 1. The van der Waals surface area contributed by atoms with Gasteiger partial charge in [0.2, 0.25) is 0 Å². The molecule has 1 fully saturated rings. The number of hydrogen-bond donors (Lipinski definition) is 1. The number of ether oxygens (including phenoxy) is 1. The molecule has 4 nitrogen and oxygen atoms in total. The first-order valence-corrected chi connectivity index (χ1v) is 6.55. The van der Waals surface area contributed by atoms with Crippen LogP contribution >= 0.6 is 11.8 Å². The van der Waals surface area contributed by atoms with Gasteiger partial charge in [-0.2, -0.15) is 11.8 Å². The fourth-order valence-electron chi connectivity index (χ4n) is 1.70. The summed E-state index contributed by atoms with van der Waals surface area (Å²) in [6, 6.07) is 0. The summed E-state index contributed by atoms with van der Waals surface area (Å²) in [5.74, 6) is 2.68. The van der Waals surface area contributed by atoms with E-state index < -0.39 is 6.10 Å². The maximum Gasteiger partial charge on any atom is 0.158 e. The van der Waals surface area contributed by atoms with Gasteiger partial charge in [-0.1, -0.05) is 0 Å². The highest BCUT2D eigenvalue weighted by Crippen LogP contribution is 2.25. The third-order valence-corrected chi connectivity index (χ3v) is 3.58. The predicted octanol–water partition coefficient (Wildman–Crippen LogP) is 1.64. The highest BCUT2D eigenvalue weighted by Gasteiger charge is 2.20. The van der Waals surface area contributed by atoms with E-state index in [9.17, 15) is 5.11 Å². The lowest BCUT2D eigenvalue weighted by Gasteiger charge is -2.21. The van der Waals surface area contributed by atoms with Crippen LogP contribution in [-0.4, -0.2) is 33.2 Å². The molecule has 0 saturated carbocycles. The van der Waals surface area contributed by atoms with Gasteiger partial charge in [0.05, 0.1) is 12.7 Å². The minimum atomic E-state index is -0.518. The van der Waals surface area contributed by atoms with Crippen LogP contribution in [0.3, 0.4) is 0 Å². The predicted molar refractivity (Wildman–Crippen MR) is 63.4 cm³/mol. The highest BCUT2D eigenvalue weighted by atomic mass is 32.2. The minimum Gasteiger partial charge on any atom is -0.389 e. The number of aromatic nitrogens is 2. The van der Waals surface area contributed by atoms with Crippen LogP contribution in [0.15, 0.2) is 6.20 Å². The van der Waals surface area contributed by atoms with Crippen LogP contribution in [0, 0.1) is 6.92 Å². The number of aryl methyl sites for hydroxylation is 1. The number of hydrogen-bond acceptors (Lipinski definition) is 5. The van der Waals surface area contributed by atoms with Crippen molar-refractivity contribution in [2.45, 2.75) is 26.1 Å². The van der Waals surface area contributed by atoms with Gasteiger partial charge in [0.15, 0.2) is 5.82 Å². The van der Waals surface area contributed by atoms with Gasteiger partial charge in [0.1, 0.15) is 6.10 Å². The van der Waals surface area contributed by atoms with Gasteiger partial charge in [-0.15, -0.1) is 0 Å². The Kier molecular flexibility index (Phi) is 3.78. The van der Waals surface area contributed by atoms with Crippen molar-refractivity contribution in [3.05, 3.63) is 23.3 Å². The standard InChI is InChI=1S/C11H16N2O2S/c1-7-9(8(2)14)5-12-11(13-7)10-6-16-4-3-15-10/h5,8,10,14H,3-4,6H2,1-2H3/t8-,10?/m1/s1. The Morgan fingerprint density at radius 2 is 2.44 bits per heavy atom. The van der Waals surface area contributed by atoms with Gasteiger partial charge in [-0.05, 0) is 13.8 Å². The Labute approximate surface area is 99.5 Å². The molecule has 0 aromatic carbocycles. The van der Waals surface area contributed by atoms with E-state index in [0.717, 1.165) is 35.2 Å². The van der Waals surface area contributed by atoms with Crippen molar-refractivity contribution >= 4 is 11.8 Å². The maximum atomic E-state index is 9.49. The lowest BCUT2D eigenvalue weighted by atomic mass is 10.1. The van der Waals surface area contributed by atoms with Crippen molar-refractivity contribution in [2.75, 3.05) is 18.1 Å². The number of aliphatic hydroxyl groups excluding tert-OH is 1. The molecule has 1 saturated heterocycles. The molecule has 0 amide bonds. The van der Waals surface area contributed by atoms with Crippen LogP contribution in [-0.2, 0) is 4.74 Å². The van der Waals surface area contributed by atoms with E-state index in [1.165, 1.54) is 0 Å². The monoisotopic (exact) mass is 240 g/mol. The summed E-state index contributed by atoms with van der Waals surface area (Å²) in [5.41, 5.74) is 1.62. The SMILES string of the molecule is Cc1nc(C2CSCCO2)ncc1[C@@H](C)O. The van der Waals surface area contributed by atoms with Gasteiger partial charge in [-0.25, -0.2) is 9.97 Å². The van der Waals surface area contributed by atoms with Crippen LogP contribution in [0.1, 0.15) is 36.2 Å². The van der Waals surface area contributed by atoms with E-state index in [2.05, 4.69) is 9.97 Å². The second-order valence-electron chi connectivity index (χ2n) is 3.88. The van der Waals surface area contributed by atoms with E-state index in [4.69, 9.17) is 4.74 Å². The molecule has 0 aliphatic carbocycles. The molecule has 16 heavy (non-hydrogen) atoms. The fourth-order valence-corrected chi connectivity index (χ4v) is 2.54. The largest absolute Gasteiger partial charge is 0.389 e. The van der Waals surface area contributed by atoms with Crippen LogP contribution < -0.4 is 0 Å². The molecular weight excluding hydrogens is 224 g/mol. The molecule has 1 aliphatic rings. The number of rotatable bonds is 2. The van der Waals surface area contributed by atoms with Crippen molar-refractivity contribution in [3.8, 4) is 0 Å². The first kappa shape index (κ1) is 11.8. The summed E-state index contributed by atoms with van der Waals surface area (Å²) in [7, 11) is 0.